The molecule has 1 N–H and O–H groups in total. The van der Waals surface area contributed by atoms with Gasteiger partial charge in [-0.3, -0.25) is 9.69 Å². The lowest BCUT2D eigenvalue weighted by molar-refractivity contribution is 0.0288. The van der Waals surface area contributed by atoms with Crippen molar-refractivity contribution in [3.05, 3.63) is 71.8 Å². The Hall–Kier alpha value is -3.06. The number of hydrogen-bond donors (Lipinski definition) is 1. The van der Waals surface area contributed by atoms with Gasteiger partial charge in [0.25, 0.3) is 5.91 Å². The van der Waals surface area contributed by atoms with Crippen molar-refractivity contribution in [2.24, 2.45) is 5.92 Å². The second kappa shape index (κ2) is 8.23. The monoisotopic (exact) mass is 420 g/mol. The van der Waals surface area contributed by atoms with Crippen LogP contribution in [0.5, 0.6) is 0 Å². The third-order valence-electron chi connectivity index (χ3n) is 6.50. The van der Waals surface area contributed by atoms with E-state index < -0.39 is 0 Å². The summed E-state index contributed by atoms with van der Waals surface area (Å²) >= 11 is 0. The smallest absolute Gasteiger partial charge is 0.287 e. The molecule has 1 aromatic carbocycles. The molecule has 6 rings (SSSR count). The molecule has 160 valence electrons. The Morgan fingerprint density at radius 2 is 2.10 bits per heavy atom. The van der Waals surface area contributed by atoms with Crippen molar-refractivity contribution in [2.45, 2.75) is 31.7 Å². The van der Waals surface area contributed by atoms with Crippen molar-refractivity contribution in [3.8, 4) is 11.3 Å². The first-order valence-corrected chi connectivity index (χ1v) is 10.7. The first kappa shape index (κ1) is 19.9. The van der Waals surface area contributed by atoms with Gasteiger partial charge in [-0.1, -0.05) is 0 Å². The highest BCUT2D eigenvalue weighted by Crippen LogP contribution is 2.41. The number of amides is 1. The van der Waals surface area contributed by atoms with Crippen molar-refractivity contribution < 1.29 is 13.6 Å². The highest BCUT2D eigenvalue weighted by molar-refractivity contribution is 5.91. The standard InChI is InChI=1S/C24H25FN4O2/c1-15-27-21(16-4-6-18(25)7-5-16)12-22(28-15)20-14-29-9-8-17(20)11-19(29)13-26-24(30)23-3-2-10-31-23/h2-7,10,12,17,19-20H,8-9,11,13-14H2,1H3,(H,26,30)/t17-,19+,20+/m0/s1. The normalized spacial score (nSPS) is 24.8. The summed E-state index contributed by atoms with van der Waals surface area (Å²) < 4.78 is 18.5. The van der Waals surface area contributed by atoms with Crippen molar-refractivity contribution in [3.63, 3.8) is 0 Å². The minimum absolute atomic E-state index is 0.167. The first-order chi connectivity index (χ1) is 15.1. The van der Waals surface area contributed by atoms with Gasteiger partial charge in [-0.2, -0.15) is 0 Å². The van der Waals surface area contributed by atoms with Crippen LogP contribution in [0.3, 0.4) is 0 Å². The van der Waals surface area contributed by atoms with Crippen molar-refractivity contribution >= 4 is 5.91 Å². The lowest BCUT2D eigenvalue weighted by Gasteiger charge is -2.49. The fourth-order valence-corrected chi connectivity index (χ4v) is 4.94. The second-order valence-corrected chi connectivity index (χ2v) is 8.46. The van der Waals surface area contributed by atoms with E-state index in [1.165, 1.54) is 18.4 Å². The lowest BCUT2D eigenvalue weighted by Crippen LogP contribution is -2.56. The van der Waals surface area contributed by atoms with Crippen molar-refractivity contribution in [2.75, 3.05) is 19.6 Å². The maximum absolute atomic E-state index is 13.3. The molecule has 7 heteroatoms. The summed E-state index contributed by atoms with van der Waals surface area (Å²) in [5, 5.41) is 3.01. The van der Waals surface area contributed by atoms with Crippen molar-refractivity contribution in [1.29, 1.82) is 0 Å². The molecule has 5 heterocycles. The van der Waals surface area contributed by atoms with Gasteiger partial charge in [0.15, 0.2) is 5.76 Å². The highest BCUT2D eigenvalue weighted by atomic mass is 19.1. The van der Waals surface area contributed by atoms with Crippen LogP contribution in [0, 0.1) is 18.7 Å². The van der Waals surface area contributed by atoms with Crippen LogP contribution in [0.4, 0.5) is 4.39 Å². The summed E-state index contributed by atoms with van der Waals surface area (Å²) in [7, 11) is 0. The summed E-state index contributed by atoms with van der Waals surface area (Å²) in [6, 6.07) is 12.2. The van der Waals surface area contributed by atoms with E-state index in [0.717, 1.165) is 48.7 Å². The molecule has 31 heavy (non-hydrogen) atoms. The number of nitrogens with one attached hydrogen (secondary N) is 1. The third-order valence-corrected chi connectivity index (χ3v) is 6.50. The second-order valence-electron chi connectivity index (χ2n) is 8.46. The van der Waals surface area contributed by atoms with E-state index in [1.807, 2.05) is 6.92 Å². The number of aromatic nitrogens is 2. The first-order valence-electron chi connectivity index (χ1n) is 10.7. The molecule has 3 fully saturated rings. The quantitative estimate of drug-likeness (QED) is 0.680. The third kappa shape index (κ3) is 4.10. The number of carbonyl (C=O) groups is 1. The summed E-state index contributed by atoms with van der Waals surface area (Å²) in [5.41, 5.74) is 2.79. The number of furan rings is 1. The zero-order valence-corrected chi connectivity index (χ0v) is 17.4. The van der Waals surface area contributed by atoms with Crippen LogP contribution < -0.4 is 5.32 Å². The molecule has 3 aromatic rings. The van der Waals surface area contributed by atoms with Gasteiger partial charge in [0, 0.05) is 36.3 Å². The fourth-order valence-electron chi connectivity index (χ4n) is 4.94. The Morgan fingerprint density at radius 1 is 1.26 bits per heavy atom. The molecule has 0 radical (unpaired) electrons. The number of rotatable bonds is 5. The molecule has 3 aliphatic heterocycles. The fraction of sp³-hybridized carbons (Fsp3) is 0.375. The number of hydrogen-bond acceptors (Lipinski definition) is 5. The molecule has 0 aliphatic carbocycles. The van der Waals surface area contributed by atoms with E-state index >= 15 is 0 Å². The van der Waals surface area contributed by atoms with E-state index in [0.29, 0.717) is 30.2 Å². The maximum Gasteiger partial charge on any atom is 0.287 e. The number of benzene rings is 1. The number of halogens is 1. The van der Waals surface area contributed by atoms with Gasteiger partial charge >= 0.3 is 0 Å². The van der Waals surface area contributed by atoms with Gasteiger partial charge in [-0.05, 0) is 74.7 Å². The summed E-state index contributed by atoms with van der Waals surface area (Å²) in [6.45, 7) is 4.49. The predicted molar refractivity (Wildman–Crippen MR) is 114 cm³/mol. The zero-order valence-electron chi connectivity index (χ0n) is 17.4. The molecule has 0 spiro atoms. The van der Waals surface area contributed by atoms with Crippen LogP contribution >= 0.6 is 0 Å². The topological polar surface area (TPSA) is 71.3 Å². The summed E-state index contributed by atoms with van der Waals surface area (Å²) in [4.78, 5) is 24.0. The molecule has 3 saturated heterocycles. The van der Waals surface area contributed by atoms with Crippen LogP contribution in [-0.4, -0.2) is 46.5 Å². The average Bonchev–Trinajstić information content (AvgIpc) is 3.33. The van der Waals surface area contributed by atoms with E-state index in [1.54, 1.807) is 24.3 Å². The zero-order chi connectivity index (χ0) is 21.4. The molecule has 2 bridgehead atoms. The average molecular weight is 420 g/mol. The van der Waals surface area contributed by atoms with Gasteiger partial charge in [-0.25, -0.2) is 14.4 Å². The van der Waals surface area contributed by atoms with Crippen LogP contribution in [0.25, 0.3) is 11.3 Å². The van der Waals surface area contributed by atoms with Crippen molar-refractivity contribution in [1.82, 2.24) is 20.2 Å². The van der Waals surface area contributed by atoms with Gasteiger partial charge in [0.05, 0.1) is 12.0 Å². The molecule has 1 unspecified atom stereocenters. The molecule has 3 aliphatic rings. The number of aryl methyl sites for hydroxylation is 1. The minimum atomic E-state index is -0.252. The SMILES string of the molecule is Cc1nc(-c2ccc(F)cc2)cc([C@@H]2CN3CC[C@H]2C[C@@H]3CNC(=O)c2ccco2)n1. The van der Waals surface area contributed by atoms with E-state index in [2.05, 4.69) is 21.3 Å². The molecule has 2 aromatic heterocycles. The Kier molecular flexibility index (Phi) is 5.28. The number of carbonyl (C=O) groups excluding carboxylic acids is 1. The number of piperidine rings is 3. The Morgan fingerprint density at radius 3 is 2.81 bits per heavy atom. The van der Waals surface area contributed by atoms with Gasteiger partial charge in [-0.15, -0.1) is 0 Å². The van der Waals surface area contributed by atoms with Gasteiger partial charge in [0.2, 0.25) is 0 Å². The van der Waals surface area contributed by atoms with Crippen LogP contribution in [-0.2, 0) is 0 Å². The summed E-state index contributed by atoms with van der Waals surface area (Å²) in [5.74, 6) is 1.52. The molecule has 6 nitrogen and oxygen atoms in total. The molecular formula is C24H25FN4O2. The number of nitrogens with zero attached hydrogens (tertiary/aromatic N) is 3. The lowest BCUT2D eigenvalue weighted by atomic mass is 9.74. The maximum atomic E-state index is 13.3. The molecular weight excluding hydrogens is 395 g/mol. The van der Waals surface area contributed by atoms with E-state index in [9.17, 15) is 9.18 Å². The Bertz CT molecular complexity index is 1070. The predicted octanol–water partition coefficient (Wildman–Crippen LogP) is 3.79. The molecule has 4 atom stereocenters. The Balaban J connectivity index is 1.30. The van der Waals surface area contributed by atoms with Gasteiger partial charge in [0.1, 0.15) is 11.6 Å². The van der Waals surface area contributed by atoms with Crippen LogP contribution in [0.1, 0.15) is 40.8 Å². The van der Waals surface area contributed by atoms with E-state index in [4.69, 9.17) is 9.40 Å². The molecule has 1 amide bonds. The largest absolute Gasteiger partial charge is 0.459 e. The Labute approximate surface area is 180 Å². The summed E-state index contributed by atoms with van der Waals surface area (Å²) in [6.07, 6.45) is 3.66. The van der Waals surface area contributed by atoms with E-state index in [-0.39, 0.29) is 11.7 Å². The minimum Gasteiger partial charge on any atom is -0.459 e. The number of fused-ring (bicyclic) bond motifs is 3. The van der Waals surface area contributed by atoms with Gasteiger partial charge < -0.3 is 9.73 Å². The van der Waals surface area contributed by atoms with Crippen LogP contribution in [0.2, 0.25) is 0 Å². The van der Waals surface area contributed by atoms with Crippen LogP contribution in [0.15, 0.2) is 53.1 Å². The molecule has 0 saturated carbocycles. The highest BCUT2D eigenvalue weighted by Gasteiger charge is 2.41.